The van der Waals surface area contributed by atoms with Crippen molar-refractivity contribution >= 4 is 40.5 Å². The first-order chi connectivity index (χ1) is 18.8. The van der Waals surface area contributed by atoms with Crippen LogP contribution in [0.3, 0.4) is 0 Å². The van der Waals surface area contributed by atoms with Crippen molar-refractivity contribution in [1.29, 1.82) is 0 Å². The summed E-state index contributed by atoms with van der Waals surface area (Å²) in [6.07, 6.45) is 8.93. The number of nitrogens with zero attached hydrogens (tertiary/aromatic N) is 6. The average Bonchev–Trinajstić information content (AvgIpc) is 3.55. The number of pyridine rings is 1. The third kappa shape index (κ3) is 4.91. The third-order valence-electron chi connectivity index (χ3n) is 8.25. The molecule has 206 valence electrons. The molecule has 3 aromatic rings. The van der Waals surface area contributed by atoms with Gasteiger partial charge in [0.25, 0.3) is 5.91 Å². The van der Waals surface area contributed by atoms with E-state index in [4.69, 9.17) is 9.72 Å². The molecule has 3 aromatic heterocycles. The van der Waals surface area contributed by atoms with Gasteiger partial charge in [-0.15, -0.1) is 0 Å². The molecule has 3 atom stereocenters. The summed E-state index contributed by atoms with van der Waals surface area (Å²) < 4.78 is 7.95. The second-order valence-electron chi connectivity index (χ2n) is 11.4. The zero-order valence-corrected chi connectivity index (χ0v) is 22.8. The number of hydrogen-bond acceptors (Lipinski definition) is 8. The molecule has 6 rings (SSSR count). The highest BCUT2D eigenvalue weighted by molar-refractivity contribution is 5.98. The quantitative estimate of drug-likeness (QED) is 0.504. The molecule has 5 heterocycles. The van der Waals surface area contributed by atoms with Crippen LogP contribution in [0.15, 0.2) is 30.6 Å². The van der Waals surface area contributed by atoms with Gasteiger partial charge in [0.05, 0.1) is 18.4 Å². The lowest BCUT2D eigenvalue weighted by Crippen LogP contribution is -2.35. The van der Waals surface area contributed by atoms with Crippen LogP contribution in [0.1, 0.15) is 62.0 Å². The van der Waals surface area contributed by atoms with E-state index in [0.29, 0.717) is 35.6 Å². The van der Waals surface area contributed by atoms with E-state index in [1.165, 1.54) is 0 Å². The van der Waals surface area contributed by atoms with E-state index in [2.05, 4.69) is 32.1 Å². The molecule has 2 aliphatic heterocycles. The van der Waals surface area contributed by atoms with Crippen LogP contribution in [0.4, 0.5) is 22.2 Å². The van der Waals surface area contributed by atoms with E-state index in [-0.39, 0.29) is 18.0 Å². The minimum absolute atomic E-state index is 0.0401. The van der Waals surface area contributed by atoms with Crippen molar-refractivity contribution in [3.63, 3.8) is 0 Å². The van der Waals surface area contributed by atoms with Crippen molar-refractivity contribution < 1.29 is 14.3 Å². The van der Waals surface area contributed by atoms with Crippen LogP contribution in [0.2, 0.25) is 0 Å². The molecule has 1 aliphatic carbocycles. The van der Waals surface area contributed by atoms with E-state index in [1.807, 2.05) is 18.2 Å². The highest BCUT2D eigenvalue weighted by Gasteiger charge is 2.45. The van der Waals surface area contributed by atoms with E-state index in [0.717, 1.165) is 62.6 Å². The molecule has 0 aromatic carbocycles. The zero-order chi connectivity index (χ0) is 27.1. The molecular weight excluding hydrogens is 496 g/mol. The lowest BCUT2D eigenvalue weighted by molar-refractivity contribution is 0.0470. The van der Waals surface area contributed by atoms with Gasteiger partial charge in [-0.1, -0.05) is 6.92 Å². The van der Waals surface area contributed by atoms with Gasteiger partial charge in [-0.25, -0.2) is 14.8 Å². The van der Waals surface area contributed by atoms with Gasteiger partial charge in [-0.05, 0) is 69.3 Å². The van der Waals surface area contributed by atoms with Crippen molar-refractivity contribution in [3.05, 3.63) is 36.3 Å². The van der Waals surface area contributed by atoms with E-state index >= 15 is 0 Å². The van der Waals surface area contributed by atoms with Crippen LogP contribution >= 0.6 is 0 Å². The number of fused-ring (bicyclic) bond motifs is 1. The summed E-state index contributed by atoms with van der Waals surface area (Å²) in [5.74, 6) is 1.54. The molecule has 2 saturated heterocycles. The topological polar surface area (TPSA) is 118 Å². The standard InChI is InChI=1S/C28H36N8O3/c1-18-5-6-20(13-18)36-22(25(37)34(2)3)14-19-15-31-26(33-24(19)36)32-23-8-7-21(16-30-23)35-17-28(39-27(35)38)9-4-11-29-12-10-28/h7-8,14-16,18,20,29H,4-6,9-13,17H2,1-3H3,(H,30,31,32,33)/t18?,20?,28-/m1/s1. The second-order valence-corrected chi connectivity index (χ2v) is 11.4. The molecular formula is C28H36N8O3. The molecule has 11 heteroatoms. The van der Waals surface area contributed by atoms with E-state index < -0.39 is 5.60 Å². The highest BCUT2D eigenvalue weighted by atomic mass is 16.6. The van der Waals surface area contributed by atoms with Crippen molar-refractivity contribution in [2.45, 2.75) is 57.1 Å². The maximum atomic E-state index is 13.0. The number of aromatic nitrogens is 4. The van der Waals surface area contributed by atoms with Crippen LogP contribution in [-0.4, -0.2) is 75.8 Å². The molecule has 2 N–H and O–H groups in total. The van der Waals surface area contributed by atoms with Crippen LogP contribution in [0.5, 0.6) is 0 Å². The Kier molecular flexibility index (Phi) is 6.62. The number of hydrogen-bond donors (Lipinski definition) is 2. The summed E-state index contributed by atoms with van der Waals surface area (Å²) >= 11 is 0. The van der Waals surface area contributed by atoms with Gasteiger partial charge in [0, 0.05) is 38.1 Å². The van der Waals surface area contributed by atoms with Gasteiger partial charge in [-0.3, -0.25) is 9.69 Å². The molecule has 1 saturated carbocycles. The maximum Gasteiger partial charge on any atom is 0.415 e. The van der Waals surface area contributed by atoms with Crippen molar-refractivity contribution in [3.8, 4) is 0 Å². The Morgan fingerprint density at radius 1 is 1.18 bits per heavy atom. The van der Waals surface area contributed by atoms with Crippen LogP contribution in [-0.2, 0) is 4.74 Å². The smallest absolute Gasteiger partial charge is 0.415 e. The maximum absolute atomic E-state index is 13.0. The SMILES string of the molecule is CC1CCC(n2c(C(=O)N(C)C)cc3cnc(Nc4ccc(N5C[C@]6(CCCNCC6)OC5=O)cn4)nc32)C1. The molecule has 0 bridgehead atoms. The van der Waals surface area contributed by atoms with E-state index in [9.17, 15) is 9.59 Å². The molecule has 3 aliphatic rings. The Labute approximate surface area is 227 Å². The monoisotopic (exact) mass is 532 g/mol. The predicted molar refractivity (Wildman–Crippen MR) is 148 cm³/mol. The molecule has 11 nitrogen and oxygen atoms in total. The van der Waals surface area contributed by atoms with Crippen molar-refractivity contribution in [2.75, 3.05) is 43.9 Å². The average molecular weight is 533 g/mol. The Balaban J connectivity index is 1.23. The first kappa shape index (κ1) is 25.5. The van der Waals surface area contributed by atoms with Gasteiger partial charge >= 0.3 is 6.09 Å². The minimum atomic E-state index is -0.431. The van der Waals surface area contributed by atoms with Crippen molar-refractivity contribution in [1.82, 2.24) is 29.7 Å². The summed E-state index contributed by atoms with van der Waals surface area (Å²) in [5, 5.41) is 7.41. The van der Waals surface area contributed by atoms with Gasteiger partial charge < -0.3 is 24.8 Å². The zero-order valence-electron chi connectivity index (χ0n) is 22.8. The lowest BCUT2D eigenvalue weighted by atomic mass is 9.95. The third-order valence-corrected chi connectivity index (χ3v) is 8.25. The molecule has 1 spiro atoms. The second kappa shape index (κ2) is 10.1. The van der Waals surface area contributed by atoms with Gasteiger partial charge in [0.15, 0.2) is 0 Å². The first-order valence-electron chi connectivity index (χ1n) is 13.9. The fraction of sp³-hybridized carbons (Fsp3) is 0.536. The van der Waals surface area contributed by atoms with Crippen molar-refractivity contribution in [2.24, 2.45) is 5.92 Å². The molecule has 2 unspecified atom stereocenters. The number of carbonyl (C=O) groups excluding carboxylic acids is 2. The Bertz CT molecular complexity index is 1380. The number of rotatable bonds is 5. The molecule has 3 fully saturated rings. The van der Waals surface area contributed by atoms with E-state index in [1.54, 1.807) is 36.3 Å². The Morgan fingerprint density at radius 2 is 2.05 bits per heavy atom. The summed E-state index contributed by atoms with van der Waals surface area (Å²) in [6, 6.07) is 5.79. The predicted octanol–water partition coefficient (Wildman–Crippen LogP) is 4.10. The Hall–Kier alpha value is -3.73. The minimum Gasteiger partial charge on any atom is -0.441 e. The lowest BCUT2D eigenvalue weighted by Gasteiger charge is -2.24. The summed E-state index contributed by atoms with van der Waals surface area (Å²) in [6.45, 7) is 4.59. The number of ether oxygens (including phenoxy) is 1. The molecule has 2 amide bonds. The summed E-state index contributed by atoms with van der Waals surface area (Å²) in [4.78, 5) is 42.8. The largest absolute Gasteiger partial charge is 0.441 e. The fourth-order valence-electron chi connectivity index (χ4n) is 6.16. The highest BCUT2D eigenvalue weighted by Crippen LogP contribution is 2.38. The Morgan fingerprint density at radius 3 is 2.79 bits per heavy atom. The van der Waals surface area contributed by atoms with Crippen LogP contribution < -0.4 is 15.5 Å². The van der Waals surface area contributed by atoms with Gasteiger partial charge in [-0.2, -0.15) is 4.98 Å². The van der Waals surface area contributed by atoms with Crippen LogP contribution in [0.25, 0.3) is 11.0 Å². The molecule has 0 radical (unpaired) electrons. The normalized spacial score (nSPS) is 25.2. The van der Waals surface area contributed by atoms with Gasteiger partial charge in [0.1, 0.15) is 22.8 Å². The molecule has 39 heavy (non-hydrogen) atoms. The van der Waals surface area contributed by atoms with Crippen LogP contribution in [0, 0.1) is 5.92 Å². The van der Waals surface area contributed by atoms with Gasteiger partial charge in [0.2, 0.25) is 5.95 Å². The first-order valence-corrected chi connectivity index (χ1v) is 13.9. The number of nitrogens with one attached hydrogen (secondary N) is 2. The number of carbonyl (C=O) groups is 2. The summed E-state index contributed by atoms with van der Waals surface area (Å²) in [7, 11) is 3.54. The summed E-state index contributed by atoms with van der Waals surface area (Å²) in [5.41, 5.74) is 1.66. The number of amides is 2. The number of anilines is 3. The fourth-order valence-corrected chi connectivity index (χ4v) is 6.16.